The highest BCUT2D eigenvalue weighted by Crippen LogP contribution is 2.44. The molecule has 9 heteroatoms. The molecule has 0 spiro atoms. The minimum absolute atomic E-state index is 0.228. The highest BCUT2D eigenvalue weighted by molar-refractivity contribution is 5.75. The molecule has 0 amide bonds. The molecule has 0 saturated heterocycles. The van der Waals surface area contributed by atoms with Crippen LogP contribution in [0.2, 0.25) is 0 Å². The highest BCUT2D eigenvalue weighted by Gasteiger charge is 2.46. The Bertz CT molecular complexity index is 600. The number of methoxy groups -OCH3 is 1. The van der Waals surface area contributed by atoms with Gasteiger partial charge in [-0.25, -0.2) is 9.97 Å². The van der Waals surface area contributed by atoms with E-state index in [1.54, 1.807) is 0 Å². The molecule has 1 aromatic heterocycles. The van der Waals surface area contributed by atoms with Crippen LogP contribution in [0, 0.1) is 5.92 Å². The summed E-state index contributed by atoms with van der Waals surface area (Å²) in [7, 11) is 1.33. The summed E-state index contributed by atoms with van der Waals surface area (Å²) >= 11 is 0. The molecule has 1 aliphatic rings. The Kier molecular flexibility index (Phi) is 4.17. The molecule has 22 heavy (non-hydrogen) atoms. The Morgan fingerprint density at radius 2 is 1.68 bits per heavy atom. The van der Waals surface area contributed by atoms with Crippen LogP contribution in [0.1, 0.15) is 12.2 Å². The zero-order chi connectivity index (χ0) is 16.5. The van der Waals surface area contributed by atoms with Gasteiger partial charge in [0.05, 0.1) is 25.4 Å². The Labute approximate surface area is 121 Å². The standard InChI is InChI=1S/C13H10F6N2O/c1-22-8-5-20-11(21-6-8)9-3-2-7(12(14,15)16)4-10(9)13(17,18)19/h2-3,5-7H,4H2,1H3. The summed E-state index contributed by atoms with van der Waals surface area (Å²) in [6.45, 7) is 0. The summed E-state index contributed by atoms with van der Waals surface area (Å²) in [6.07, 6.45) is -7.06. The molecular formula is C13H10F6N2O. The first kappa shape index (κ1) is 16.3. The number of ether oxygens (including phenoxy) is 1. The maximum atomic E-state index is 13.0. The lowest BCUT2D eigenvalue weighted by atomic mass is 9.88. The van der Waals surface area contributed by atoms with E-state index in [4.69, 9.17) is 4.74 Å². The molecule has 1 atom stereocenters. The van der Waals surface area contributed by atoms with Crippen LogP contribution in [-0.2, 0) is 0 Å². The van der Waals surface area contributed by atoms with Gasteiger partial charge in [0, 0.05) is 11.1 Å². The van der Waals surface area contributed by atoms with Crippen molar-refractivity contribution < 1.29 is 31.1 Å². The van der Waals surface area contributed by atoms with Gasteiger partial charge in [0.25, 0.3) is 0 Å². The number of hydrogen-bond donors (Lipinski definition) is 0. The number of alkyl halides is 6. The van der Waals surface area contributed by atoms with Crippen LogP contribution in [0.25, 0.3) is 5.57 Å². The van der Waals surface area contributed by atoms with E-state index in [2.05, 4.69) is 9.97 Å². The quantitative estimate of drug-likeness (QED) is 0.773. The van der Waals surface area contributed by atoms with E-state index in [1.807, 2.05) is 0 Å². The first-order chi connectivity index (χ1) is 10.1. The van der Waals surface area contributed by atoms with Crippen molar-refractivity contribution in [2.75, 3.05) is 7.11 Å². The lowest BCUT2D eigenvalue weighted by molar-refractivity contribution is -0.165. The summed E-state index contributed by atoms with van der Waals surface area (Å²) in [6, 6.07) is 0. The van der Waals surface area contributed by atoms with Gasteiger partial charge in [0.2, 0.25) is 0 Å². The average Bonchev–Trinajstić information content (AvgIpc) is 2.45. The zero-order valence-corrected chi connectivity index (χ0v) is 11.2. The third kappa shape index (κ3) is 3.40. The van der Waals surface area contributed by atoms with Gasteiger partial charge < -0.3 is 4.74 Å². The van der Waals surface area contributed by atoms with E-state index in [9.17, 15) is 26.3 Å². The van der Waals surface area contributed by atoms with E-state index >= 15 is 0 Å². The van der Waals surface area contributed by atoms with Crippen molar-refractivity contribution in [2.45, 2.75) is 18.8 Å². The van der Waals surface area contributed by atoms with E-state index in [0.29, 0.717) is 6.08 Å². The number of allylic oxidation sites excluding steroid dienone is 4. The molecule has 0 saturated carbocycles. The molecule has 2 rings (SSSR count). The van der Waals surface area contributed by atoms with Gasteiger partial charge in [-0.2, -0.15) is 26.3 Å². The summed E-state index contributed by atoms with van der Waals surface area (Å²) in [5.74, 6) is -2.25. The minimum atomic E-state index is -4.90. The summed E-state index contributed by atoms with van der Waals surface area (Å²) in [4.78, 5) is 7.40. The van der Waals surface area contributed by atoms with Crippen molar-refractivity contribution in [3.05, 3.63) is 35.9 Å². The molecule has 0 aliphatic heterocycles. The molecule has 1 unspecified atom stereocenters. The summed E-state index contributed by atoms with van der Waals surface area (Å²) in [5, 5.41) is 0. The molecule has 0 radical (unpaired) electrons. The van der Waals surface area contributed by atoms with Crippen molar-refractivity contribution >= 4 is 5.57 Å². The Morgan fingerprint density at radius 3 is 2.14 bits per heavy atom. The molecule has 0 N–H and O–H groups in total. The van der Waals surface area contributed by atoms with Crippen LogP contribution in [0.5, 0.6) is 5.75 Å². The lowest BCUT2D eigenvalue weighted by Gasteiger charge is -2.25. The van der Waals surface area contributed by atoms with Crippen LogP contribution >= 0.6 is 0 Å². The van der Waals surface area contributed by atoms with Crippen LogP contribution in [0.4, 0.5) is 26.3 Å². The second-order valence-corrected chi connectivity index (χ2v) is 4.55. The zero-order valence-electron chi connectivity index (χ0n) is 11.2. The normalized spacial score (nSPS) is 19.5. The number of rotatable bonds is 2. The summed E-state index contributed by atoms with van der Waals surface area (Å²) in [5.41, 5.74) is -1.75. The van der Waals surface area contributed by atoms with Crippen molar-refractivity contribution in [1.29, 1.82) is 0 Å². The third-order valence-electron chi connectivity index (χ3n) is 3.11. The van der Waals surface area contributed by atoms with Crippen molar-refractivity contribution in [3.63, 3.8) is 0 Å². The average molecular weight is 324 g/mol. The molecule has 0 bridgehead atoms. The molecule has 1 aromatic rings. The predicted molar refractivity (Wildman–Crippen MR) is 64.9 cm³/mol. The topological polar surface area (TPSA) is 35.0 Å². The first-order valence-electron chi connectivity index (χ1n) is 6.04. The number of aromatic nitrogens is 2. The third-order valence-corrected chi connectivity index (χ3v) is 3.11. The molecule has 3 nitrogen and oxygen atoms in total. The highest BCUT2D eigenvalue weighted by atomic mass is 19.4. The fourth-order valence-corrected chi connectivity index (χ4v) is 1.97. The SMILES string of the molecule is COc1cnc(C2=C(C(F)(F)F)CC(C(F)(F)F)C=C2)nc1. The minimum Gasteiger partial charge on any atom is -0.494 e. The van der Waals surface area contributed by atoms with E-state index in [0.717, 1.165) is 18.5 Å². The fraction of sp³-hybridized carbons (Fsp3) is 0.385. The first-order valence-corrected chi connectivity index (χ1v) is 6.04. The van der Waals surface area contributed by atoms with Gasteiger partial charge in [-0.1, -0.05) is 12.2 Å². The van der Waals surface area contributed by atoms with Gasteiger partial charge in [-0.15, -0.1) is 0 Å². The lowest BCUT2D eigenvalue weighted by Crippen LogP contribution is -2.28. The summed E-state index contributed by atoms with van der Waals surface area (Å²) < 4.78 is 81.8. The maximum Gasteiger partial charge on any atom is 0.413 e. The van der Waals surface area contributed by atoms with Crippen LogP contribution in [0.15, 0.2) is 30.1 Å². The second-order valence-electron chi connectivity index (χ2n) is 4.55. The largest absolute Gasteiger partial charge is 0.494 e. The smallest absolute Gasteiger partial charge is 0.413 e. The molecule has 1 aliphatic carbocycles. The van der Waals surface area contributed by atoms with Crippen molar-refractivity contribution in [2.24, 2.45) is 5.92 Å². The monoisotopic (exact) mass is 324 g/mol. The molecular weight excluding hydrogens is 314 g/mol. The number of halogens is 6. The van der Waals surface area contributed by atoms with Gasteiger partial charge in [0.15, 0.2) is 11.6 Å². The van der Waals surface area contributed by atoms with Gasteiger partial charge in [-0.3, -0.25) is 0 Å². The maximum absolute atomic E-state index is 13.0. The van der Waals surface area contributed by atoms with Crippen LogP contribution in [-0.4, -0.2) is 29.4 Å². The van der Waals surface area contributed by atoms with E-state index in [1.165, 1.54) is 7.11 Å². The Hall–Kier alpha value is -2.06. The van der Waals surface area contributed by atoms with Crippen LogP contribution < -0.4 is 4.74 Å². The fourth-order valence-electron chi connectivity index (χ4n) is 1.97. The molecule has 0 aromatic carbocycles. The Morgan fingerprint density at radius 1 is 1.09 bits per heavy atom. The van der Waals surface area contributed by atoms with Crippen molar-refractivity contribution in [1.82, 2.24) is 9.97 Å². The number of hydrogen-bond acceptors (Lipinski definition) is 3. The van der Waals surface area contributed by atoms with Crippen LogP contribution in [0.3, 0.4) is 0 Å². The number of nitrogens with zero attached hydrogens (tertiary/aromatic N) is 2. The van der Waals surface area contributed by atoms with Gasteiger partial charge >= 0.3 is 12.4 Å². The van der Waals surface area contributed by atoms with E-state index < -0.39 is 35.8 Å². The second kappa shape index (κ2) is 5.62. The van der Waals surface area contributed by atoms with E-state index in [-0.39, 0.29) is 11.6 Å². The molecule has 1 heterocycles. The van der Waals surface area contributed by atoms with Gasteiger partial charge in [0.1, 0.15) is 0 Å². The predicted octanol–water partition coefficient (Wildman–Crippen LogP) is 3.94. The molecule has 0 fully saturated rings. The molecule has 120 valence electrons. The van der Waals surface area contributed by atoms with Gasteiger partial charge in [-0.05, 0) is 6.42 Å². The van der Waals surface area contributed by atoms with Crippen molar-refractivity contribution in [3.8, 4) is 5.75 Å². The Balaban J connectivity index is 2.45.